The van der Waals surface area contributed by atoms with E-state index in [-0.39, 0.29) is 5.41 Å². The van der Waals surface area contributed by atoms with E-state index in [2.05, 4.69) is 264 Å². The number of anilines is 3. The van der Waals surface area contributed by atoms with Gasteiger partial charge in [0.25, 0.3) is 0 Å². The summed E-state index contributed by atoms with van der Waals surface area (Å²) in [5.74, 6) is 1.64. The van der Waals surface area contributed by atoms with Gasteiger partial charge in [-0.1, -0.05) is 238 Å². The molecular weight excluding hydrogens is 945 g/mol. The molecule has 0 bridgehead atoms. The van der Waals surface area contributed by atoms with Gasteiger partial charge in [-0.05, 0) is 150 Å². The van der Waals surface area contributed by atoms with Gasteiger partial charge >= 0.3 is 0 Å². The first-order chi connectivity index (χ1) is 38.6. The van der Waals surface area contributed by atoms with Crippen molar-refractivity contribution in [3.63, 3.8) is 0 Å². The average Bonchev–Trinajstić information content (AvgIpc) is 4.00. The van der Waals surface area contributed by atoms with Crippen LogP contribution < -0.4 is 4.90 Å². The molecule has 1 aromatic heterocycles. The molecule has 12 aromatic carbocycles. The summed E-state index contributed by atoms with van der Waals surface area (Å²) in [6, 6.07) is 102. The Balaban J connectivity index is 0.697. The number of para-hydroxylation sites is 1. The zero-order chi connectivity index (χ0) is 51.8. The molecule has 1 aliphatic rings. The third-order valence-corrected chi connectivity index (χ3v) is 16.4. The van der Waals surface area contributed by atoms with Gasteiger partial charge in [-0.25, -0.2) is 0 Å². The molecule has 13 aromatic rings. The molecule has 0 saturated heterocycles. The van der Waals surface area contributed by atoms with Crippen LogP contribution in [0.15, 0.2) is 279 Å². The van der Waals surface area contributed by atoms with Crippen molar-refractivity contribution in [2.24, 2.45) is 0 Å². The Morgan fingerprint density at radius 2 is 0.654 bits per heavy atom. The summed E-state index contributed by atoms with van der Waals surface area (Å²) in [7, 11) is 0. The van der Waals surface area contributed by atoms with Crippen molar-refractivity contribution in [1.82, 2.24) is 14.8 Å². The second-order valence-electron chi connectivity index (χ2n) is 21.0. The van der Waals surface area contributed by atoms with E-state index in [4.69, 9.17) is 10.2 Å². The fraction of sp³-hybridized carbons (Fsp3) is 0.0811. The standard InChI is InChI=1S/C74H56N4/c1-4-16-59(17-5-1)72-75-76-73(78(72)68-20-6-2-7-21-68)65-29-28-63-48-62(26-27-64(63)49-65)58-32-40-67(41-33-58)74(46-12-3-13-47-74)66-38-30-56(31-39-66)54-22-24-55(25-23-54)57-34-42-69(43-35-57)77(70-44-36-52-14-8-10-18-60(52)50-70)71-45-37-53-15-9-11-19-61(53)51-71/h1-2,4-11,14-45,48-51H,3,12-13,46-47H2. The minimum absolute atomic E-state index is 0.00995. The van der Waals surface area contributed by atoms with Crippen LogP contribution >= 0.6 is 0 Å². The van der Waals surface area contributed by atoms with E-state index in [0.29, 0.717) is 0 Å². The van der Waals surface area contributed by atoms with Crippen LogP contribution in [-0.4, -0.2) is 14.8 Å². The SMILES string of the molecule is c1ccc(-c2nnc(-c3ccc4cc(-c5ccc(C6(c7ccc(-c8ccc(-c9ccc(N(c%10ccc%11ccccc%11c%10)c%10ccc%11ccccc%11c%10)cc9)cc8)cc7)CCCCC6)cc5)ccc4c3)n2-c2ccccc2)cc1. The van der Waals surface area contributed by atoms with E-state index in [1.807, 2.05) is 24.3 Å². The van der Waals surface area contributed by atoms with Crippen LogP contribution in [0.25, 0.3) is 94.2 Å². The van der Waals surface area contributed by atoms with Crippen molar-refractivity contribution >= 4 is 49.4 Å². The Labute approximate surface area is 456 Å². The monoisotopic (exact) mass is 1000 g/mol. The van der Waals surface area contributed by atoms with Crippen LogP contribution in [0.3, 0.4) is 0 Å². The molecule has 0 amide bonds. The molecule has 1 fully saturated rings. The van der Waals surface area contributed by atoms with E-state index in [1.54, 1.807) is 0 Å². The third kappa shape index (κ3) is 8.81. The normalized spacial score (nSPS) is 13.2. The van der Waals surface area contributed by atoms with Crippen molar-refractivity contribution in [3.05, 3.63) is 290 Å². The second-order valence-corrected chi connectivity index (χ2v) is 21.0. The first-order valence-corrected chi connectivity index (χ1v) is 27.4. The van der Waals surface area contributed by atoms with Crippen molar-refractivity contribution in [2.75, 3.05) is 4.90 Å². The minimum atomic E-state index is -0.00995. The van der Waals surface area contributed by atoms with Crippen molar-refractivity contribution < 1.29 is 0 Å². The number of aromatic nitrogens is 3. The van der Waals surface area contributed by atoms with Crippen molar-refractivity contribution in [1.29, 1.82) is 0 Å². The van der Waals surface area contributed by atoms with Crippen molar-refractivity contribution in [2.45, 2.75) is 37.5 Å². The molecule has 4 nitrogen and oxygen atoms in total. The van der Waals surface area contributed by atoms with Gasteiger partial charge < -0.3 is 4.90 Å². The van der Waals surface area contributed by atoms with Crippen LogP contribution in [0.1, 0.15) is 43.2 Å². The zero-order valence-corrected chi connectivity index (χ0v) is 43.4. The summed E-state index contributed by atoms with van der Waals surface area (Å²) in [5, 5.41) is 16.7. The highest BCUT2D eigenvalue weighted by molar-refractivity contribution is 5.94. The average molecular weight is 1000 g/mol. The van der Waals surface area contributed by atoms with Gasteiger partial charge in [0.15, 0.2) is 11.6 Å². The van der Waals surface area contributed by atoms with E-state index in [1.165, 1.54) is 96.1 Å². The maximum Gasteiger partial charge on any atom is 0.168 e. The molecule has 372 valence electrons. The van der Waals surface area contributed by atoms with E-state index >= 15 is 0 Å². The smallest absolute Gasteiger partial charge is 0.168 e. The lowest BCUT2D eigenvalue weighted by atomic mass is 9.65. The summed E-state index contributed by atoms with van der Waals surface area (Å²) in [6.45, 7) is 0. The number of benzene rings is 12. The maximum absolute atomic E-state index is 4.76. The lowest BCUT2D eigenvalue weighted by Crippen LogP contribution is -2.30. The lowest BCUT2D eigenvalue weighted by molar-refractivity contribution is 0.346. The summed E-state index contributed by atoms with van der Waals surface area (Å²) < 4.78 is 2.16. The molecule has 4 heteroatoms. The Bertz CT molecular complexity index is 4170. The van der Waals surface area contributed by atoms with Gasteiger partial charge in [0.2, 0.25) is 0 Å². The first-order valence-electron chi connectivity index (χ1n) is 27.4. The number of hydrogen-bond acceptors (Lipinski definition) is 3. The Kier molecular flexibility index (Phi) is 12.1. The fourth-order valence-electron chi connectivity index (χ4n) is 12.2. The summed E-state index contributed by atoms with van der Waals surface area (Å²) in [5.41, 5.74) is 16.6. The Morgan fingerprint density at radius 1 is 0.282 bits per heavy atom. The highest BCUT2D eigenvalue weighted by Crippen LogP contribution is 2.46. The van der Waals surface area contributed by atoms with Crippen LogP contribution in [-0.2, 0) is 5.41 Å². The highest BCUT2D eigenvalue weighted by atomic mass is 15.3. The van der Waals surface area contributed by atoms with Crippen LogP contribution in [0, 0.1) is 0 Å². The molecule has 0 unspecified atom stereocenters. The molecule has 0 spiro atoms. The molecule has 0 radical (unpaired) electrons. The molecule has 0 atom stereocenters. The number of hydrogen-bond donors (Lipinski definition) is 0. The maximum atomic E-state index is 4.76. The summed E-state index contributed by atoms with van der Waals surface area (Å²) >= 11 is 0. The van der Waals surface area contributed by atoms with E-state index < -0.39 is 0 Å². The summed E-state index contributed by atoms with van der Waals surface area (Å²) in [4.78, 5) is 2.37. The second kappa shape index (κ2) is 20.1. The van der Waals surface area contributed by atoms with E-state index in [0.717, 1.165) is 58.4 Å². The van der Waals surface area contributed by atoms with Crippen LogP contribution in [0.2, 0.25) is 0 Å². The number of rotatable bonds is 11. The third-order valence-electron chi connectivity index (χ3n) is 16.4. The largest absolute Gasteiger partial charge is 0.310 e. The topological polar surface area (TPSA) is 34.0 Å². The van der Waals surface area contributed by atoms with Crippen LogP contribution in [0.4, 0.5) is 17.1 Å². The zero-order valence-electron chi connectivity index (χ0n) is 43.4. The van der Waals surface area contributed by atoms with E-state index in [9.17, 15) is 0 Å². The molecule has 78 heavy (non-hydrogen) atoms. The first kappa shape index (κ1) is 46.9. The molecule has 14 rings (SSSR count). The molecular formula is C74H56N4. The lowest BCUT2D eigenvalue weighted by Gasteiger charge is -2.39. The molecule has 1 heterocycles. The van der Waals surface area contributed by atoms with Gasteiger partial charge in [0, 0.05) is 39.3 Å². The predicted octanol–water partition coefficient (Wildman–Crippen LogP) is 19.8. The van der Waals surface area contributed by atoms with Crippen LogP contribution in [0.5, 0.6) is 0 Å². The Morgan fingerprint density at radius 3 is 1.19 bits per heavy atom. The van der Waals surface area contributed by atoms with Crippen molar-refractivity contribution in [3.8, 4) is 61.8 Å². The van der Waals surface area contributed by atoms with Gasteiger partial charge in [0.1, 0.15) is 0 Å². The Hall–Kier alpha value is -9.64. The van der Waals surface area contributed by atoms with Gasteiger partial charge in [-0.3, -0.25) is 4.57 Å². The fourth-order valence-corrected chi connectivity index (χ4v) is 12.2. The van der Waals surface area contributed by atoms with Gasteiger partial charge in [-0.2, -0.15) is 0 Å². The molecule has 0 N–H and O–H groups in total. The predicted molar refractivity (Wildman–Crippen MR) is 326 cm³/mol. The molecule has 0 aliphatic heterocycles. The molecule has 1 aliphatic carbocycles. The quantitative estimate of drug-likeness (QED) is 0.129. The number of nitrogens with zero attached hydrogens (tertiary/aromatic N) is 4. The summed E-state index contributed by atoms with van der Waals surface area (Å²) in [6.07, 6.45) is 6.07. The number of fused-ring (bicyclic) bond motifs is 3. The molecule has 1 saturated carbocycles. The van der Waals surface area contributed by atoms with Gasteiger partial charge in [0.05, 0.1) is 0 Å². The van der Waals surface area contributed by atoms with Gasteiger partial charge in [-0.15, -0.1) is 10.2 Å². The minimum Gasteiger partial charge on any atom is -0.310 e. The highest BCUT2D eigenvalue weighted by Gasteiger charge is 2.35.